The molecule has 0 bridgehead atoms. The van der Waals surface area contributed by atoms with Crippen molar-refractivity contribution in [3.05, 3.63) is 64.6 Å². The Morgan fingerprint density at radius 2 is 1.95 bits per heavy atom. The zero-order valence-corrected chi connectivity index (χ0v) is 10.9. The maximum absolute atomic E-state index is 12.8. The van der Waals surface area contributed by atoms with Gasteiger partial charge in [0.1, 0.15) is 0 Å². The molecule has 2 aromatic rings. The van der Waals surface area contributed by atoms with E-state index in [9.17, 15) is 23.2 Å². The lowest BCUT2D eigenvalue weighted by atomic mass is 10.1. The second-order valence-corrected chi connectivity index (χ2v) is 4.39. The number of amides is 1. The third-order valence-electron chi connectivity index (χ3n) is 2.86. The van der Waals surface area contributed by atoms with Crippen LogP contribution in [0.2, 0.25) is 0 Å². The molecular formula is C14H11F3N2O2. The second kappa shape index (κ2) is 5.43. The van der Waals surface area contributed by atoms with Gasteiger partial charge in [0.25, 0.3) is 5.69 Å². The Kier molecular flexibility index (Phi) is 3.84. The first-order valence-corrected chi connectivity index (χ1v) is 5.96. The molecule has 7 heteroatoms. The number of alkyl halides is 3. The van der Waals surface area contributed by atoms with E-state index in [1.807, 2.05) is 0 Å². The van der Waals surface area contributed by atoms with Gasteiger partial charge in [0.2, 0.25) is 0 Å². The molecule has 1 aromatic heterocycles. The first kappa shape index (κ1) is 14.8. The highest BCUT2D eigenvalue weighted by molar-refractivity contribution is 6.01. The summed E-state index contributed by atoms with van der Waals surface area (Å²) in [4.78, 5) is 11.9. The number of nitrogens with zero attached hydrogens (tertiary/aromatic N) is 1. The molecule has 110 valence electrons. The number of halogens is 3. The minimum absolute atomic E-state index is 0.0261. The van der Waals surface area contributed by atoms with Crippen molar-refractivity contribution in [1.29, 1.82) is 0 Å². The molecular weight excluding hydrogens is 285 g/mol. The maximum atomic E-state index is 12.8. The Labute approximate surface area is 118 Å². The van der Waals surface area contributed by atoms with Crippen molar-refractivity contribution in [2.75, 3.05) is 5.32 Å². The number of rotatable bonds is 2. The standard InChI is InChI=1S/C14H11F3N2O2/c1-9-5-6-10(8-11(9)14(15,16)17)18-13(20)12-4-2-3-7-19(12)21/h2-8H,1H3,(H,18,20). The number of carbonyl (C=O) groups excluding carboxylic acids is 1. The quantitative estimate of drug-likeness (QED) is 0.684. The molecule has 1 aromatic carbocycles. The molecule has 0 saturated carbocycles. The Balaban J connectivity index is 2.29. The summed E-state index contributed by atoms with van der Waals surface area (Å²) < 4.78 is 38.7. The summed E-state index contributed by atoms with van der Waals surface area (Å²) in [6, 6.07) is 7.65. The number of carbonyl (C=O) groups is 1. The summed E-state index contributed by atoms with van der Waals surface area (Å²) in [6.07, 6.45) is -3.37. The molecule has 1 N–H and O–H groups in total. The summed E-state index contributed by atoms with van der Waals surface area (Å²) in [5, 5.41) is 13.7. The SMILES string of the molecule is Cc1ccc(NC(=O)c2cccc[n+]2[O-])cc1C(F)(F)F. The molecule has 2 rings (SSSR count). The molecule has 0 atom stereocenters. The predicted octanol–water partition coefficient (Wildman–Crippen LogP) is 2.90. The monoisotopic (exact) mass is 296 g/mol. The van der Waals surface area contributed by atoms with E-state index in [-0.39, 0.29) is 16.9 Å². The van der Waals surface area contributed by atoms with Crippen molar-refractivity contribution in [2.45, 2.75) is 13.1 Å². The minimum atomic E-state index is -4.50. The molecule has 1 amide bonds. The maximum Gasteiger partial charge on any atom is 0.416 e. The summed E-state index contributed by atoms with van der Waals surface area (Å²) in [5.74, 6) is -0.775. The number of aromatic nitrogens is 1. The van der Waals surface area contributed by atoms with Crippen LogP contribution in [0.4, 0.5) is 18.9 Å². The van der Waals surface area contributed by atoms with E-state index in [0.29, 0.717) is 4.73 Å². The van der Waals surface area contributed by atoms with Gasteiger partial charge in [-0.1, -0.05) is 6.07 Å². The summed E-state index contributed by atoms with van der Waals surface area (Å²) in [6.45, 7) is 1.33. The first-order chi connectivity index (χ1) is 9.79. The average molecular weight is 296 g/mol. The van der Waals surface area contributed by atoms with Crippen molar-refractivity contribution in [1.82, 2.24) is 0 Å². The van der Waals surface area contributed by atoms with Crippen LogP contribution in [-0.4, -0.2) is 5.91 Å². The van der Waals surface area contributed by atoms with Crippen LogP contribution in [0, 0.1) is 12.1 Å². The Morgan fingerprint density at radius 1 is 1.24 bits per heavy atom. The molecule has 0 aliphatic carbocycles. The van der Waals surface area contributed by atoms with E-state index < -0.39 is 17.6 Å². The summed E-state index contributed by atoms with van der Waals surface area (Å²) >= 11 is 0. The van der Waals surface area contributed by atoms with E-state index in [4.69, 9.17) is 0 Å². The number of aryl methyl sites for hydroxylation is 1. The number of anilines is 1. The van der Waals surface area contributed by atoms with Gasteiger partial charge in [0, 0.05) is 17.8 Å². The van der Waals surface area contributed by atoms with Gasteiger partial charge in [-0.3, -0.25) is 4.79 Å². The first-order valence-electron chi connectivity index (χ1n) is 5.96. The van der Waals surface area contributed by atoms with Crippen molar-refractivity contribution < 1.29 is 22.7 Å². The minimum Gasteiger partial charge on any atom is -0.618 e. The average Bonchev–Trinajstić information content (AvgIpc) is 2.40. The topological polar surface area (TPSA) is 56.0 Å². The molecule has 0 spiro atoms. The second-order valence-electron chi connectivity index (χ2n) is 4.39. The normalized spacial score (nSPS) is 11.2. The van der Waals surface area contributed by atoms with Crippen molar-refractivity contribution in [3.8, 4) is 0 Å². The van der Waals surface area contributed by atoms with Gasteiger partial charge in [0.05, 0.1) is 5.56 Å². The van der Waals surface area contributed by atoms with Crippen LogP contribution in [-0.2, 0) is 6.18 Å². The van der Waals surface area contributed by atoms with Crippen LogP contribution >= 0.6 is 0 Å². The fourth-order valence-corrected chi connectivity index (χ4v) is 1.80. The van der Waals surface area contributed by atoms with Crippen molar-refractivity contribution in [3.63, 3.8) is 0 Å². The van der Waals surface area contributed by atoms with Gasteiger partial charge in [-0.15, -0.1) is 0 Å². The van der Waals surface area contributed by atoms with Crippen LogP contribution in [0.1, 0.15) is 21.6 Å². The van der Waals surface area contributed by atoms with Gasteiger partial charge < -0.3 is 10.5 Å². The number of nitrogens with one attached hydrogen (secondary N) is 1. The predicted molar refractivity (Wildman–Crippen MR) is 69.5 cm³/mol. The zero-order chi connectivity index (χ0) is 15.6. The molecule has 21 heavy (non-hydrogen) atoms. The summed E-state index contributed by atoms with van der Waals surface area (Å²) in [5.41, 5.74) is -1.00. The molecule has 0 saturated heterocycles. The van der Waals surface area contributed by atoms with Crippen LogP contribution in [0.3, 0.4) is 0 Å². The van der Waals surface area contributed by atoms with Crippen LogP contribution in [0.25, 0.3) is 0 Å². The largest absolute Gasteiger partial charge is 0.618 e. The van der Waals surface area contributed by atoms with Crippen LogP contribution in [0.5, 0.6) is 0 Å². The molecule has 4 nitrogen and oxygen atoms in total. The highest BCUT2D eigenvalue weighted by atomic mass is 19.4. The van der Waals surface area contributed by atoms with Crippen molar-refractivity contribution >= 4 is 11.6 Å². The summed E-state index contributed by atoms with van der Waals surface area (Å²) in [7, 11) is 0. The Morgan fingerprint density at radius 3 is 2.57 bits per heavy atom. The van der Waals surface area contributed by atoms with Gasteiger partial charge in [-0.25, -0.2) is 0 Å². The van der Waals surface area contributed by atoms with Gasteiger partial charge >= 0.3 is 12.1 Å². The number of hydrogen-bond acceptors (Lipinski definition) is 2. The molecule has 0 aliphatic heterocycles. The molecule has 1 heterocycles. The lowest BCUT2D eigenvalue weighted by Crippen LogP contribution is -2.36. The molecule has 0 unspecified atom stereocenters. The lowest BCUT2D eigenvalue weighted by molar-refractivity contribution is -0.607. The van der Waals surface area contributed by atoms with E-state index in [1.165, 1.54) is 37.3 Å². The van der Waals surface area contributed by atoms with E-state index in [0.717, 1.165) is 12.3 Å². The third kappa shape index (κ3) is 3.31. The smallest absolute Gasteiger partial charge is 0.416 e. The van der Waals surface area contributed by atoms with Crippen LogP contribution < -0.4 is 10.0 Å². The van der Waals surface area contributed by atoms with Crippen LogP contribution in [0.15, 0.2) is 42.6 Å². The fourth-order valence-electron chi connectivity index (χ4n) is 1.80. The van der Waals surface area contributed by atoms with E-state index in [2.05, 4.69) is 5.32 Å². The lowest BCUT2D eigenvalue weighted by Gasteiger charge is -2.12. The number of pyridine rings is 1. The number of hydrogen-bond donors (Lipinski definition) is 1. The van der Waals surface area contributed by atoms with E-state index >= 15 is 0 Å². The van der Waals surface area contributed by atoms with Gasteiger partial charge in [-0.2, -0.15) is 17.9 Å². The molecule has 0 fully saturated rings. The fraction of sp³-hybridized carbons (Fsp3) is 0.143. The highest BCUT2D eigenvalue weighted by Gasteiger charge is 2.32. The van der Waals surface area contributed by atoms with E-state index in [1.54, 1.807) is 0 Å². The highest BCUT2D eigenvalue weighted by Crippen LogP contribution is 2.33. The van der Waals surface area contributed by atoms with Gasteiger partial charge in [0.15, 0.2) is 6.20 Å². The van der Waals surface area contributed by atoms with Gasteiger partial charge in [-0.05, 0) is 30.7 Å². The molecule has 0 aliphatic rings. The Bertz CT molecular complexity index is 684. The number of benzene rings is 1. The third-order valence-corrected chi connectivity index (χ3v) is 2.86. The molecule has 0 radical (unpaired) electrons. The van der Waals surface area contributed by atoms with Crippen molar-refractivity contribution in [2.24, 2.45) is 0 Å². The Hall–Kier alpha value is -2.57. The zero-order valence-electron chi connectivity index (χ0n) is 10.9.